The molecule has 0 saturated carbocycles. The van der Waals surface area contributed by atoms with Crippen LogP contribution in [0.15, 0.2) is 52.2 Å². The minimum Gasteiger partial charge on any atom is -0.472 e. The number of amides is 1. The van der Waals surface area contributed by atoms with Crippen LogP contribution in [0.1, 0.15) is 28.4 Å². The Bertz CT molecular complexity index is 767. The fraction of sp³-hybridized carbons (Fsp3) is 0.312. The molecule has 0 spiro atoms. The Labute approximate surface area is 140 Å². The monoisotopic (exact) mass is 352 g/mol. The summed E-state index contributed by atoms with van der Waals surface area (Å²) in [7, 11) is -0.622. The second-order valence-electron chi connectivity index (χ2n) is 5.43. The number of sulfonamides is 1. The Morgan fingerprint density at radius 2 is 1.92 bits per heavy atom. The third-order valence-electron chi connectivity index (χ3n) is 3.53. The van der Waals surface area contributed by atoms with Crippen molar-refractivity contribution in [3.05, 3.63) is 54.0 Å². The number of hydrogen-bond acceptors (Lipinski definition) is 5. The van der Waals surface area contributed by atoms with Gasteiger partial charge in [0.05, 0.1) is 23.5 Å². The zero-order chi connectivity index (χ0) is 17.7. The Kier molecular flexibility index (Phi) is 5.76. The van der Waals surface area contributed by atoms with Crippen LogP contribution < -0.4 is 5.32 Å². The quantitative estimate of drug-likeness (QED) is 0.784. The maximum atomic E-state index is 12.0. The van der Waals surface area contributed by atoms with Crippen molar-refractivity contribution < 1.29 is 22.7 Å². The molecular formula is C16H20N2O5S. The molecule has 2 rings (SSSR count). The Hall–Kier alpha value is -2.16. The maximum Gasteiger partial charge on any atom is 0.251 e. The Morgan fingerprint density at radius 3 is 2.46 bits per heavy atom. The molecule has 24 heavy (non-hydrogen) atoms. The van der Waals surface area contributed by atoms with Gasteiger partial charge in [0.1, 0.15) is 0 Å². The van der Waals surface area contributed by atoms with Gasteiger partial charge in [0.2, 0.25) is 10.0 Å². The number of aliphatic hydroxyl groups is 1. The van der Waals surface area contributed by atoms with Gasteiger partial charge in [0.25, 0.3) is 5.91 Å². The molecule has 130 valence electrons. The molecule has 0 aliphatic heterocycles. The molecule has 0 bridgehead atoms. The zero-order valence-corrected chi connectivity index (χ0v) is 14.3. The van der Waals surface area contributed by atoms with E-state index >= 15 is 0 Å². The summed E-state index contributed by atoms with van der Waals surface area (Å²) in [5, 5.41) is 12.6. The van der Waals surface area contributed by atoms with Gasteiger partial charge in [0.15, 0.2) is 0 Å². The van der Waals surface area contributed by atoms with Crippen molar-refractivity contribution in [2.24, 2.45) is 0 Å². The zero-order valence-electron chi connectivity index (χ0n) is 13.5. The minimum absolute atomic E-state index is 0.124. The Morgan fingerprint density at radius 1 is 1.25 bits per heavy atom. The molecular weight excluding hydrogens is 332 g/mol. The molecule has 2 aromatic rings. The van der Waals surface area contributed by atoms with Gasteiger partial charge in [-0.15, -0.1) is 0 Å². The predicted octanol–water partition coefficient (Wildman–Crippen LogP) is 1.38. The van der Waals surface area contributed by atoms with Crippen LogP contribution in [0.3, 0.4) is 0 Å². The number of furan rings is 1. The van der Waals surface area contributed by atoms with Crippen LogP contribution in [0, 0.1) is 0 Å². The molecule has 0 saturated heterocycles. The molecule has 0 radical (unpaired) electrons. The van der Waals surface area contributed by atoms with Crippen LogP contribution in [0.5, 0.6) is 0 Å². The van der Waals surface area contributed by atoms with Crippen molar-refractivity contribution in [2.75, 3.05) is 20.6 Å². The lowest BCUT2D eigenvalue weighted by Gasteiger charge is -2.12. The standard InChI is InChI=1S/C16H20N2O5S/c1-18(2)24(21,22)14-5-3-12(4-6-14)16(20)17-9-7-15(19)13-8-10-23-11-13/h3-6,8,10-11,15,19H,7,9H2,1-2H3,(H,17,20)/t15-/m0/s1. The second kappa shape index (κ2) is 7.61. The van der Waals surface area contributed by atoms with E-state index in [0.29, 0.717) is 17.5 Å². The van der Waals surface area contributed by atoms with Crippen LogP contribution in [0.4, 0.5) is 0 Å². The fourth-order valence-corrected chi connectivity index (χ4v) is 2.95. The fourth-order valence-electron chi connectivity index (χ4n) is 2.04. The van der Waals surface area contributed by atoms with Crippen molar-refractivity contribution in [2.45, 2.75) is 17.4 Å². The summed E-state index contributed by atoms with van der Waals surface area (Å²) in [5.41, 5.74) is 1.01. The first-order valence-corrected chi connectivity index (χ1v) is 8.77. The molecule has 0 aliphatic carbocycles. The highest BCUT2D eigenvalue weighted by Crippen LogP contribution is 2.16. The van der Waals surface area contributed by atoms with Crippen LogP contribution in [-0.4, -0.2) is 44.4 Å². The van der Waals surface area contributed by atoms with Crippen LogP contribution >= 0.6 is 0 Å². The first-order valence-electron chi connectivity index (χ1n) is 7.33. The van der Waals surface area contributed by atoms with Gasteiger partial charge in [-0.05, 0) is 36.8 Å². The lowest BCUT2D eigenvalue weighted by atomic mass is 10.1. The normalized spacial score (nSPS) is 13.0. The smallest absolute Gasteiger partial charge is 0.251 e. The topological polar surface area (TPSA) is 99.9 Å². The van der Waals surface area contributed by atoms with E-state index in [1.165, 1.54) is 50.9 Å². The number of nitrogens with one attached hydrogen (secondary N) is 1. The summed E-state index contributed by atoms with van der Waals surface area (Å²) < 4.78 is 29.9. The van der Waals surface area contributed by atoms with Gasteiger partial charge in [-0.2, -0.15) is 0 Å². The van der Waals surface area contributed by atoms with E-state index in [9.17, 15) is 18.3 Å². The van der Waals surface area contributed by atoms with Crippen molar-refractivity contribution in [3.63, 3.8) is 0 Å². The summed E-state index contributed by atoms with van der Waals surface area (Å²) in [5.74, 6) is -0.330. The molecule has 0 fully saturated rings. The summed E-state index contributed by atoms with van der Waals surface area (Å²) in [6, 6.07) is 7.36. The third kappa shape index (κ3) is 4.22. The van der Waals surface area contributed by atoms with Crippen LogP contribution in [0.2, 0.25) is 0 Å². The SMILES string of the molecule is CN(C)S(=O)(=O)c1ccc(C(=O)NCC[C@H](O)c2ccoc2)cc1. The van der Waals surface area contributed by atoms with E-state index in [0.717, 1.165) is 4.31 Å². The molecule has 1 heterocycles. The molecule has 1 aromatic carbocycles. The van der Waals surface area contributed by atoms with Crippen molar-refractivity contribution >= 4 is 15.9 Å². The van der Waals surface area contributed by atoms with Crippen molar-refractivity contribution in [3.8, 4) is 0 Å². The highest BCUT2D eigenvalue weighted by atomic mass is 32.2. The number of benzene rings is 1. The van der Waals surface area contributed by atoms with Gasteiger partial charge < -0.3 is 14.8 Å². The lowest BCUT2D eigenvalue weighted by Crippen LogP contribution is -2.26. The predicted molar refractivity (Wildman–Crippen MR) is 87.9 cm³/mol. The minimum atomic E-state index is -3.51. The lowest BCUT2D eigenvalue weighted by molar-refractivity contribution is 0.0942. The molecule has 2 N–H and O–H groups in total. The van der Waals surface area contributed by atoms with Crippen molar-refractivity contribution in [1.82, 2.24) is 9.62 Å². The van der Waals surface area contributed by atoms with Crippen LogP contribution in [-0.2, 0) is 10.0 Å². The molecule has 1 atom stereocenters. The molecule has 7 nitrogen and oxygen atoms in total. The first-order chi connectivity index (χ1) is 11.3. The maximum absolute atomic E-state index is 12.0. The number of carbonyl (C=O) groups excluding carboxylic acids is 1. The third-order valence-corrected chi connectivity index (χ3v) is 5.36. The average Bonchev–Trinajstić information content (AvgIpc) is 3.09. The highest BCUT2D eigenvalue weighted by Gasteiger charge is 2.17. The van der Waals surface area contributed by atoms with E-state index < -0.39 is 16.1 Å². The first kappa shape index (κ1) is 18.2. The van der Waals surface area contributed by atoms with E-state index in [1.54, 1.807) is 6.07 Å². The van der Waals surface area contributed by atoms with Gasteiger partial charge in [-0.3, -0.25) is 4.79 Å². The van der Waals surface area contributed by atoms with Gasteiger partial charge in [-0.25, -0.2) is 12.7 Å². The number of aliphatic hydroxyl groups excluding tert-OH is 1. The number of rotatable bonds is 7. The van der Waals surface area contributed by atoms with Crippen molar-refractivity contribution in [1.29, 1.82) is 0 Å². The number of hydrogen-bond donors (Lipinski definition) is 2. The molecule has 0 unspecified atom stereocenters. The largest absolute Gasteiger partial charge is 0.472 e. The van der Waals surface area contributed by atoms with E-state index in [1.807, 2.05) is 0 Å². The summed E-state index contributed by atoms with van der Waals surface area (Å²) >= 11 is 0. The van der Waals surface area contributed by atoms with E-state index in [4.69, 9.17) is 4.42 Å². The number of carbonyl (C=O) groups is 1. The molecule has 1 aromatic heterocycles. The molecule has 0 aliphatic rings. The van der Waals surface area contributed by atoms with Gasteiger partial charge in [-0.1, -0.05) is 0 Å². The summed E-state index contributed by atoms with van der Waals surface area (Å²) in [6.45, 7) is 0.281. The summed E-state index contributed by atoms with van der Waals surface area (Å²) in [6.07, 6.45) is 2.56. The van der Waals surface area contributed by atoms with Gasteiger partial charge >= 0.3 is 0 Å². The molecule has 8 heteroatoms. The van der Waals surface area contributed by atoms with E-state index in [2.05, 4.69) is 5.32 Å². The van der Waals surface area contributed by atoms with E-state index in [-0.39, 0.29) is 17.3 Å². The number of nitrogens with zero attached hydrogens (tertiary/aromatic N) is 1. The molecule has 1 amide bonds. The van der Waals surface area contributed by atoms with Gasteiger partial charge in [0, 0.05) is 31.8 Å². The Balaban J connectivity index is 1.91. The summed E-state index contributed by atoms with van der Waals surface area (Å²) in [4.78, 5) is 12.2. The van der Waals surface area contributed by atoms with Crippen LogP contribution in [0.25, 0.3) is 0 Å². The average molecular weight is 352 g/mol. The second-order valence-corrected chi connectivity index (χ2v) is 7.58. The highest BCUT2D eigenvalue weighted by molar-refractivity contribution is 7.89.